The molecule has 1 saturated heterocycles. The quantitative estimate of drug-likeness (QED) is 0.776. The van der Waals surface area contributed by atoms with Crippen LogP contribution < -0.4 is 10.6 Å². The van der Waals surface area contributed by atoms with Gasteiger partial charge in [0.1, 0.15) is 0 Å². The molecule has 1 rings (SSSR count). The Labute approximate surface area is 117 Å². The minimum absolute atomic E-state index is 0. The fourth-order valence-electron chi connectivity index (χ4n) is 2.24. The van der Waals surface area contributed by atoms with E-state index in [9.17, 15) is 4.79 Å². The zero-order valence-electron chi connectivity index (χ0n) is 11.7. The number of methoxy groups -OCH3 is 1. The lowest BCUT2D eigenvalue weighted by Gasteiger charge is -2.28. The Balaban J connectivity index is 0.00000289. The lowest BCUT2D eigenvalue weighted by Crippen LogP contribution is -2.37. The summed E-state index contributed by atoms with van der Waals surface area (Å²) < 4.78 is 5.10. The molecule has 0 aromatic rings. The summed E-state index contributed by atoms with van der Waals surface area (Å²) in [7, 11) is 1.66. The van der Waals surface area contributed by atoms with Crippen molar-refractivity contribution in [3.63, 3.8) is 0 Å². The Morgan fingerprint density at radius 3 is 2.78 bits per heavy atom. The Morgan fingerprint density at radius 2 is 2.22 bits per heavy atom. The summed E-state index contributed by atoms with van der Waals surface area (Å²) in [6.07, 6.45) is 3.20. The van der Waals surface area contributed by atoms with Gasteiger partial charge in [-0.25, -0.2) is 0 Å². The summed E-state index contributed by atoms with van der Waals surface area (Å²) >= 11 is 0. The molecule has 3 unspecified atom stereocenters. The van der Waals surface area contributed by atoms with Crippen molar-refractivity contribution >= 4 is 18.3 Å². The van der Waals surface area contributed by atoms with Crippen molar-refractivity contribution in [1.29, 1.82) is 0 Å². The van der Waals surface area contributed by atoms with Crippen molar-refractivity contribution < 1.29 is 9.53 Å². The Bertz CT molecular complexity index is 233. The Hall–Kier alpha value is -0.320. The van der Waals surface area contributed by atoms with Crippen molar-refractivity contribution in [3.05, 3.63) is 0 Å². The zero-order chi connectivity index (χ0) is 12.7. The number of amides is 1. The first kappa shape index (κ1) is 17.7. The van der Waals surface area contributed by atoms with E-state index in [0.717, 1.165) is 13.1 Å². The molecule has 1 aliphatic heterocycles. The molecule has 0 bridgehead atoms. The molecule has 5 heteroatoms. The third-order valence-corrected chi connectivity index (χ3v) is 3.64. The number of hydrogen-bond donors (Lipinski definition) is 2. The van der Waals surface area contributed by atoms with Gasteiger partial charge < -0.3 is 15.4 Å². The largest absolute Gasteiger partial charge is 0.380 e. The second-order valence-corrected chi connectivity index (χ2v) is 5.14. The number of hydrogen-bond acceptors (Lipinski definition) is 3. The van der Waals surface area contributed by atoms with Crippen LogP contribution in [0.5, 0.6) is 0 Å². The van der Waals surface area contributed by atoms with Gasteiger partial charge in [0, 0.05) is 20.1 Å². The fraction of sp³-hybridized carbons (Fsp3) is 0.923. The van der Waals surface area contributed by atoms with E-state index in [4.69, 9.17) is 4.74 Å². The maximum Gasteiger partial charge on any atom is 0.220 e. The highest BCUT2D eigenvalue weighted by Gasteiger charge is 2.21. The molecule has 1 fully saturated rings. The van der Waals surface area contributed by atoms with E-state index in [-0.39, 0.29) is 24.4 Å². The lowest BCUT2D eigenvalue weighted by atomic mass is 9.85. The summed E-state index contributed by atoms with van der Waals surface area (Å²) in [4.78, 5) is 11.7. The SMILES string of the molecule is COC(C)CNC(=O)CC(C)C1CCCNC1.Cl. The minimum Gasteiger partial charge on any atom is -0.380 e. The summed E-state index contributed by atoms with van der Waals surface area (Å²) in [6, 6.07) is 0. The van der Waals surface area contributed by atoms with Crippen LogP contribution >= 0.6 is 12.4 Å². The molecule has 1 heterocycles. The smallest absolute Gasteiger partial charge is 0.220 e. The van der Waals surface area contributed by atoms with Crippen LogP contribution in [0.15, 0.2) is 0 Å². The topological polar surface area (TPSA) is 50.4 Å². The summed E-state index contributed by atoms with van der Waals surface area (Å²) in [5, 5.41) is 6.32. The van der Waals surface area contributed by atoms with Crippen LogP contribution in [0.1, 0.15) is 33.1 Å². The predicted octanol–water partition coefficient (Wildman–Crippen LogP) is 1.59. The second-order valence-electron chi connectivity index (χ2n) is 5.14. The molecule has 108 valence electrons. The lowest BCUT2D eigenvalue weighted by molar-refractivity contribution is -0.122. The average molecular weight is 279 g/mol. The molecule has 18 heavy (non-hydrogen) atoms. The van der Waals surface area contributed by atoms with E-state index in [2.05, 4.69) is 17.6 Å². The number of piperidine rings is 1. The van der Waals surface area contributed by atoms with Crippen molar-refractivity contribution in [3.8, 4) is 0 Å². The number of rotatable bonds is 6. The summed E-state index contributed by atoms with van der Waals surface area (Å²) in [5.41, 5.74) is 0. The summed E-state index contributed by atoms with van der Waals surface area (Å²) in [6.45, 7) is 6.92. The highest BCUT2D eigenvalue weighted by Crippen LogP contribution is 2.22. The molecule has 0 radical (unpaired) electrons. The third kappa shape index (κ3) is 6.57. The van der Waals surface area contributed by atoms with Gasteiger partial charge in [0.15, 0.2) is 0 Å². The van der Waals surface area contributed by atoms with Gasteiger partial charge in [0.2, 0.25) is 5.91 Å². The molecular weight excluding hydrogens is 252 g/mol. The maximum atomic E-state index is 11.7. The van der Waals surface area contributed by atoms with Crippen molar-refractivity contribution in [2.75, 3.05) is 26.7 Å². The van der Waals surface area contributed by atoms with Gasteiger partial charge in [-0.1, -0.05) is 6.92 Å². The molecule has 0 aliphatic carbocycles. The van der Waals surface area contributed by atoms with Crippen LogP contribution in [-0.4, -0.2) is 38.8 Å². The first-order valence-electron chi connectivity index (χ1n) is 6.63. The van der Waals surface area contributed by atoms with Crippen LogP contribution in [-0.2, 0) is 9.53 Å². The molecule has 3 atom stereocenters. The van der Waals surface area contributed by atoms with E-state index in [1.54, 1.807) is 7.11 Å². The first-order valence-corrected chi connectivity index (χ1v) is 6.63. The number of halogens is 1. The Morgan fingerprint density at radius 1 is 1.50 bits per heavy atom. The average Bonchev–Trinajstić information content (AvgIpc) is 2.36. The van der Waals surface area contributed by atoms with E-state index < -0.39 is 0 Å². The fourth-order valence-corrected chi connectivity index (χ4v) is 2.24. The normalized spacial score (nSPS) is 22.7. The van der Waals surface area contributed by atoms with Gasteiger partial charge >= 0.3 is 0 Å². The third-order valence-electron chi connectivity index (χ3n) is 3.64. The molecule has 1 aliphatic rings. The molecule has 0 saturated carbocycles. The predicted molar refractivity (Wildman–Crippen MR) is 76.1 cm³/mol. The van der Waals surface area contributed by atoms with Crippen LogP contribution in [0.3, 0.4) is 0 Å². The monoisotopic (exact) mass is 278 g/mol. The molecule has 4 nitrogen and oxygen atoms in total. The van der Waals surface area contributed by atoms with Crippen LogP contribution in [0.4, 0.5) is 0 Å². The van der Waals surface area contributed by atoms with Gasteiger partial charge in [-0.3, -0.25) is 4.79 Å². The Kier molecular flexibility index (Phi) is 9.42. The van der Waals surface area contributed by atoms with Gasteiger partial charge in [0.05, 0.1) is 6.10 Å². The van der Waals surface area contributed by atoms with Crippen LogP contribution in [0.2, 0.25) is 0 Å². The highest BCUT2D eigenvalue weighted by molar-refractivity contribution is 5.85. The first-order chi connectivity index (χ1) is 8.13. The second kappa shape index (κ2) is 9.59. The van der Waals surface area contributed by atoms with Crippen molar-refractivity contribution in [2.24, 2.45) is 11.8 Å². The molecule has 1 amide bonds. The molecule has 2 N–H and O–H groups in total. The molecular formula is C13H27ClN2O2. The number of carbonyl (C=O) groups is 1. The standard InChI is InChI=1S/C13H26N2O2.ClH/c1-10(12-5-4-6-14-9-12)7-13(16)15-8-11(2)17-3;/h10-12,14H,4-9H2,1-3H3,(H,15,16);1H. The molecule has 0 aromatic heterocycles. The van der Waals surface area contributed by atoms with E-state index in [1.165, 1.54) is 12.8 Å². The number of carbonyl (C=O) groups excluding carboxylic acids is 1. The van der Waals surface area contributed by atoms with Gasteiger partial charge in [-0.15, -0.1) is 12.4 Å². The van der Waals surface area contributed by atoms with Crippen LogP contribution in [0.25, 0.3) is 0 Å². The van der Waals surface area contributed by atoms with Gasteiger partial charge in [0.25, 0.3) is 0 Å². The van der Waals surface area contributed by atoms with E-state index in [1.807, 2.05) is 6.92 Å². The number of ether oxygens (including phenoxy) is 1. The summed E-state index contributed by atoms with van der Waals surface area (Å²) in [5.74, 6) is 1.25. The van der Waals surface area contributed by atoms with Gasteiger partial charge in [-0.2, -0.15) is 0 Å². The van der Waals surface area contributed by atoms with Gasteiger partial charge in [-0.05, 0) is 44.7 Å². The minimum atomic E-state index is 0. The number of nitrogens with one attached hydrogen (secondary N) is 2. The highest BCUT2D eigenvalue weighted by atomic mass is 35.5. The molecule has 0 spiro atoms. The van der Waals surface area contributed by atoms with Crippen molar-refractivity contribution in [1.82, 2.24) is 10.6 Å². The van der Waals surface area contributed by atoms with E-state index in [0.29, 0.717) is 24.8 Å². The van der Waals surface area contributed by atoms with Crippen LogP contribution in [0, 0.1) is 11.8 Å². The van der Waals surface area contributed by atoms with E-state index >= 15 is 0 Å². The maximum absolute atomic E-state index is 11.7. The zero-order valence-corrected chi connectivity index (χ0v) is 12.5. The molecule has 0 aromatic carbocycles. The van der Waals surface area contributed by atoms with Crippen molar-refractivity contribution in [2.45, 2.75) is 39.2 Å².